The Kier molecular flexibility index (Phi) is 4.14. The average molecular weight is 278 g/mol. The molecule has 1 aliphatic heterocycles. The van der Waals surface area contributed by atoms with Crippen LogP contribution in [0.1, 0.15) is 18.1 Å². The molecule has 0 radical (unpaired) electrons. The predicted octanol–water partition coefficient (Wildman–Crippen LogP) is 2.34. The average Bonchev–Trinajstić information content (AvgIpc) is 2.78. The second-order valence-corrected chi connectivity index (χ2v) is 6.13. The maximum atomic E-state index is 12.2. The number of nitrogens with one attached hydrogen (secondary N) is 1. The molecule has 2 rings (SSSR count). The normalized spacial score (nSPS) is 16.4. The third kappa shape index (κ3) is 3.10. The maximum absolute atomic E-state index is 12.2. The first-order chi connectivity index (χ1) is 8.99. The van der Waals surface area contributed by atoms with Crippen LogP contribution >= 0.6 is 11.8 Å². The Balaban J connectivity index is 2.06. The Bertz CT molecular complexity index is 516. The summed E-state index contributed by atoms with van der Waals surface area (Å²) >= 11 is 1.50. The Morgan fingerprint density at radius 1 is 1.42 bits per heavy atom. The third-order valence-electron chi connectivity index (χ3n) is 3.10. The van der Waals surface area contributed by atoms with Crippen molar-refractivity contribution >= 4 is 23.7 Å². The van der Waals surface area contributed by atoms with Crippen molar-refractivity contribution in [2.24, 2.45) is 0 Å². The fourth-order valence-corrected chi connectivity index (χ4v) is 3.07. The molecule has 1 saturated heterocycles. The van der Waals surface area contributed by atoms with Gasteiger partial charge in [0.25, 0.3) is 0 Å². The second-order valence-electron chi connectivity index (χ2n) is 4.75. The van der Waals surface area contributed by atoms with Crippen molar-refractivity contribution in [3.63, 3.8) is 0 Å². The molecule has 0 saturated carbocycles. The number of carbonyl (C=O) groups is 2. The SMILES string of the molecule is Cc1ccc(S[C@@H](C)C(=O)N2CCNC2=O)c(C)c1. The summed E-state index contributed by atoms with van der Waals surface area (Å²) in [6.07, 6.45) is 0. The van der Waals surface area contributed by atoms with Crippen LogP contribution in [0.5, 0.6) is 0 Å². The molecule has 0 spiro atoms. The van der Waals surface area contributed by atoms with Crippen LogP contribution in [-0.2, 0) is 4.79 Å². The van der Waals surface area contributed by atoms with Crippen molar-refractivity contribution in [3.8, 4) is 0 Å². The fraction of sp³-hybridized carbons (Fsp3) is 0.429. The zero-order valence-corrected chi connectivity index (χ0v) is 12.2. The van der Waals surface area contributed by atoms with E-state index in [1.165, 1.54) is 22.2 Å². The molecule has 0 unspecified atom stereocenters. The van der Waals surface area contributed by atoms with Crippen molar-refractivity contribution in [1.29, 1.82) is 0 Å². The van der Waals surface area contributed by atoms with Crippen LogP contribution in [0.15, 0.2) is 23.1 Å². The van der Waals surface area contributed by atoms with E-state index in [-0.39, 0.29) is 17.2 Å². The standard InChI is InChI=1S/C14H18N2O2S/c1-9-4-5-12(10(2)8-9)19-11(3)13(17)16-7-6-15-14(16)18/h4-5,8,11H,6-7H2,1-3H3,(H,15,18)/t11-/m0/s1. The van der Waals surface area contributed by atoms with Gasteiger partial charge >= 0.3 is 6.03 Å². The smallest absolute Gasteiger partial charge is 0.324 e. The molecule has 1 aromatic carbocycles. The van der Waals surface area contributed by atoms with E-state index in [0.717, 1.165) is 10.5 Å². The molecule has 1 N–H and O–H groups in total. The quantitative estimate of drug-likeness (QED) is 0.863. The molecule has 3 amide bonds. The van der Waals surface area contributed by atoms with Gasteiger partial charge in [-0.05, 0) is 32.4 Å². The van der Waals surface area contributed by atoms with Crippen LogP contribution in [0.2, 0.25) is 0 Å². The summed E-state index contributed by atoms with van der Waals surface area (Å²) in [6, 6.07) is 5.89. The number of hydrogen-bond donors (Lipinski definition) is 1. The minimum Gasteiger partial charge on any atom is -0.336 e. The van der Waals surface area contributed by atoms with Gasteiger partial charge in [-0.3, -0.25) is 9.69 Å². The first-order valence-corrected chi connectivity index (χ1v) is 7.20. The van der Waals surface area contributed by atoms with E-state index in [4.69, 9.17) is 0 Å². The summed E-state index contributed by atoms with van der Waals surface area (Å²) in [6.45, 7) is 6.94. The van der Waals surface area contributed by atoms with E-state index in [1.54, 1.807) is 0 Å². The number of hydrogen-bond acceptors (Lipinski definition) is 3. The number of urea groups is 1. The summed E-state index contributed by atoms with van der Waals surface area (Å²) in [4.78, 5) is 26.0. The van der Waals surface area contributed by atoms with E-state index in [2.05, 4.69) is 11.4 Å². The molecule has 4 nitrogen and oxygen atoms in total. The highest BCUT2D eigenvalue weighted by Crippen LogP contribution is 2.28. The van der Waals surface area contributed by atoms with E-state index in [9.17, 15) is 9.59 Å². The number of rotatable bonds is 3. The predicted molar refractivity (Wildman–Crippen MR) is 76.3 cm³/mol. The Morgan fingerprint density at radius 3 is 2.74 bits per heavy atom. The van der Waals surface area contributed by atoms with Gasteiger partial charge in [-0.2, -0.15) is 0 Å². The van der Waals surface area contributed by atoms with Gasteiger partial charge in [-0.25, -0.2) is 4.79 Å². The number of thioether (sulfide) groups is 1. The summed E-state index contributed by atoms with van der Waals surface area (Å²) in [5, 5.41) is 2.39. The zero-order chi connectivity index (χ0) is 14.0. The number of amides is 3. The minimum atomic E-state index is -0.280. The van der Waals surface area contributed by atoms with E-state index < -0.39 is 0 Å². The monoisotopic (exact) mass is 278 g/mol. The highest BCUT2D eigenvalue weighted by molar-refractivity contribution is 8.00. The van der Waals surface area contributed by atoms with Gasteiger partial charge in [0.05, 0.1) is 5.25 Å². The molecule has 19 heavy (non-hydrogen) atoms. The van der Waals surface area contributed by atoms with E-state index in [0.29, 0.717) is 13.1 Å². The van der Waals surface area contributed by atoms with Crippen LogP contribution < -0.4 is 5.32 Å². The maximum Gasteiger partial charge on any atom is 0.324 e. The summed E-state index contributed by atoms with van der Waals surface area (Å²) < 4.78 is 0. The Hall–Kier alpha value is -1.49. The molecule has 0 aromatic heterocycles. The molecule has 1 fully saturated rings. The van der Waals surface area contributed by atoms with Gasteiger partial charge in [-0.15, -0.1) is 11.8 Å². The van der Waals surface area contributed by atoms with Crippen LogP contribution in [0.3, 0.4) is 0 Å². The van der Waals surface area contributed by atoms with Crippen LogP contribution in [0, 0.1) is 13.8 Å². The van der Waals surface area contributed by atoms with Gasteiger partial charge in [0.2, 0.25) is 5.91 Å². The number of carbonyl (C=O) groups excluding carboxylic acids is 2. The van der Waals surface area contributed by atoms with E-state index >= 15 is 0 Å². The van der Waals surface area contributed by atoms with Gasteiger partial charge < -0.3 is 5.32 Å². The zero-order valence-electron chi connectivity index (χ0n) is 11.4. The number of imide groups is 1. The molecule has 0 aliphatic carbocycles. The van der Waals surface area contributed by atoms with Crippen molar-refractivity contribution < 1.29 is 9.59 Å². The lowest BCUT2D eigenvalue weighted by molar-refractivity contribution is -0.126. The first kappa shape index (κ1) is 13.9. The van der Waals surface area contributed by atoms with Crippen molar-refractivity contribution in [2.75, 3.05) is 13.1 Å². The summed E-state index contributed by atoms with van der Waals surface area (Å²) in [5.41, 5.74) is 2.37. The van der Waals surface area contributed by atoms with Gasteiger partial charge in [0.1, 0.15) is 0 Å². The van der Waals surface area contributed by atoms with Crippen LogP contribution in [0.4, 0.5) is 4.79 Å². The van der Waals surface area contributed by atoms with Crippen LogP contribution in [-0.4, -0.2) is 35.2 Å². The highest BCUT2D eigenvalue weighted by atomic mass is 32.2. The lowest BCUT2D eigenvalue weighted by atomic mass is 10.2. The first-order valence-electron chi connectivity index (χ1n) is 6.32. The molecule has 1 atom stereocenters. The second kappa shape index (κ2) is 5.65. The highest BCUT2D eigenvalue weighted by Gasteiger charge is 2.30. The number of aryl methyl sites for hydroxylation is 2. The third-order valence-corrected chi connectivity index (χ3v) is 4.37. The van der Waals surface area contributed by atoms with Gasteiger partial charge in [0, 0.05) is 18.0 Å². The Morgan fingerprint density at radius 2 is 2.16 bits per heavy atom. The molecule has 1 aliphatic rings. The van der Waals surface area contributed by atoms with Crippen LogP contribution in [0.25, 0.3) is 0 Å². The molecule has 102 valence electrons. The van der Waals surface area contributed by atoms with Gasteiger partial charge in [0.15, 0.2) is 0 Å². The minimum absolute atomic E-state index is 0.125. The molecular formula is C14H18N2O2S. The number of benzene rings is 1. The van der Waals surface area contributed by atoms with E-state index in [1.807, 2.05) is 32.9 Å². The molecule has 1 heterocycles. The van der Waals surface area contributed by atoms with Gasteiger partial charge in [-0.1, -0.05) is 17.7 Å². The lowest BCUT2D eigenvalue weighted by Crippen LogP contribution is -2.38. The van der Waals surface area contributed by atoms with Crippen molar-refractivity contribution in [1.82, 2.24) is 10.2 Å². The van der Waals surface area contributed by atoms with Crippen molar-refractivity contribution in [2.45, 2.75) is 30.9 Å². The fourth-order valence-electron chi connectivity index (χ4n) is 2.07. The molecule has 0 bridgehead atoms. The summed E-state index contributed by atoms with van der Waals surface area (Å²) in [7, 11) is 0. The lowest BCUT2D eigenvalue weighted by Gasteiger charge is -2.18. The molecule has 1 aromatic rings. The molecular weight excluding hydrogens is 260 g/mol. The molecule has 5 heteroatoms. The van der Waals surface area contributed by atoms with Crippen molar-refractivity contribution in [3.05, 3.63) is 29.3 Å². The Labute approximate surface area is 117 Å². The largest absolute Gasteiger partial charge is 0.336 e. The topological polar surface area (TPSA) is 49.4 Å². The summed E-state index contributed by atoms with van der Waals surface area (Å²) in [5.74, 6) is -0.125. The number of nitrogens with zero attached hydrogens (tertiary/aromatic N) is 1.